The van der Waals surface area contributed by atoms with Gasteiger partial charge in [-0.2, -0.15) is 0 Å². The summed E-state index contributed by atoms with van der Waals surface area (Å²) in [5.74, 6) is 0.167. The molecule has 0 fully saturated rings. The number of unbranched alkanes of at least 4 members (excludes halogenated alkanes) is 1. The molecule has 0 spiro atoms. The summed E-state index contributed by atoms with van der Waals surface area (Å²) in [7, 11) is -3.14. The van der Waals surface area contributed by atoms with Gasteiger partial charge in [0.1, 0.15) is 0 Å². The maximum Gasteiger partial charge on any atom is 0.178 e. The highest BCUT2D eigenvalue weighted by molar-refractivity contribution is 9.10. The minimum Gasteiger partial charge on any atom is -0.330 e. The number of halogens is 2. The second-order valence-corrected chi connectivity index (χ2v) is 6.30. The normalized spacial score (nSPS) is 10.9. The van der Waals surface area contributed by atoms with Gasteiger partial charge < -0.3 is 5.73 Å². The third kappa shape index (κ3) is 4.82. The number of nitrogens with two attached hydrogens (primary N) is 1. The van der Waals surface area contributed by atoms with Crippen LogP contribution in [0.1, 0.15) is 12.8 Å². The molecule has 3 nitrogen and oxygen atoms in total. The first-order valence-corrected chi connectivity index (χ1v) is 7.19. The van der Waals surface area contributed by atoms with Crippen LogP contribution >= 0.6 is 28.3 Å². The van der Waals surface area contributed by atoms with E-state index in [1.54, 1.807) is 24.3 Å². The Balaban J connectivity index is 0.00000225. The molecule has 0 aliphatic rings. The lowest BCUT2D eigenvalue weighted by atomic mass is 10.3. The van der Waals surface area contributed by atoms with Crippen molar-refractivity contribution in [2.24, 2.45) is 5.73 Å². The SMILES string of the molecule is Cl.NCCCCS(=O)(=O)c1cccc(Br)c1. The van der Waals surface area contributed by atoms with Gasteiger partial charge >= 0.3 is 0 Å². The van der Waals surface area contributed by atoms with Gasteiger partial charge in [0.05, 0.1) is 10.6 Å². The Morgan fingerprint density at radius 3 is 2.50 bits per heavy atom. The highest BCUT2D eigenvalue weighted by Gasteiger charge is 2.13. The van der Waals surface area contributed by atoms with E-state index in [2.05, 4.69) is 15.9 Å². The quantitative estimate of drug-likeness (QED) is 0.844. The van der Waals surface area contributed by atoms with Crippen LogP contribution in [-0.4, -0.2) is 20.7 Å². The van der Waals surface area contributed by atoms with E-state index in [4.69, 9.17) is 5.73 Å². The Kier molecular flexibility index (Phi) is 7.22. The highest BCUT2D eigenvalue weighted by atomic mass is 79.9. The minimum atomic E-state index is -3.14. The lowest BCUT2D eigenvalue weighted by Crippen LogP contribution is -2.09. The molecule has 0 saturated carbocycles. The Hall–Kier alpha value is -0.100. The molecule has 0 aliphatic heterocycles. The molecule has 16 heavy (non-hydrogen) atoms. The Morgan fingerprint density at radius 1 is 1.25 bits per heavy atom. The number of sulfone groups is 1. The third-order valence-electron chi connectivity index (χ3n) is 2.02. The molecule has 2 N–H and O–H groups in total. The third-order valence-corrected chi connectivity index (χ3v) is 4.31. The van der Waals surface area contributed by atoms with Crippen LogP contribution in [0.2, 0.25) is 0 Å². The molecule has 0 amide bonds. The van der Waals surface area contributed by atoms with Gasteiger partial charge in [-0.15, -0.1) is 12.4 Å². The van der Waals surface area contributed by atoms with Gasteiger partial charge in [-0.05, 0) is 37.6 Å². The Morgan fingerprint density at radius 2 is 1.94 bits per heavy atom. The number of rotatable bonds is 5. The topological polar surface area (TPSA) is 60.2 Å². The van der Waals surface area contributed by atoms with Crippen molar-refractivity contribution in [3.8, 4) is 0 Å². The summed E-state index contributed by atoms with van der Waals surface area (Å²) in [4.78, 5) is 0.369. The molecule has 0 bridgehead atoms. The van der Waals surface area contributed by atoms with Crippen LogP contribution in [0.25, 0.3) is 0 Å². The van der Waals surface area contributed by atoms with Crippen LogP contribution in [0.5, 0.6) is 0 Å². The van der Waals surface area contributed by atoms with Gasteiger partial charge in [-0.3, -0.25) is 0 Å². The molecule has 0 aliphatic carbocycles. The molecule has 0 heterocycles. The first-order chi connectivity index (χ1) is 7.06. The molecule has 0 radical (unpaired) electrons. The van der Waals surface area contributed by atoms with Crippen molar-refractivity contribution >= 4 is 38.2 Å². The molecule has 0 unspecified atom stereocenters. The molecule has 6 heteroatoms. The van der Waals surface area contributed by atoms with Crippen molar-refractivity contribution in [2.75, 3.05) is 12.3 Å². The summed E-state index contributed by atoms with van der Waals surface area (Å²) in [5, 5.41) is 0. The van der Waals surface area contributed by atoms with Crippen LogP contribution in [0.15, 0.2) is 33.6 Å². The van der Waals surface area contributed by atoms with Crippen molar-refractivity contribution in [2.45, 2.75) is 17.7 Å². The van der Waals surface area contributed by atoms with E-state index in [-0.39, 0.29) is 18.2 Å². The van der Waals surface area contributed by atoms with E-state index in [0.717, 1.165) is 10.9 Å². The van der Waals surface area contributed by atoms with Gasteiger partial charge in [-0.25, -0.2) is 8.42 Å². The molecular weight excluding hydrogens is 314 g/mol. The van der Waals surface area contributed by atoms with Crippen LogP contribution in [-0.2, 0) is 9.84 Å². The Bertz CT molecular complexity index is 423. The lowest BCUT2D eigenvalue weighted by molar-refractivity contribution is 0.592. The van der Waals surface area contributed by atoms with Crippen LogP contribution in [0.4, 0.5) is 0 Å². The van der Waals surface area contributed by atoms with Gasteiger partial charge in [0, 0.05) is 4.47 Å². The van der Waals surface area contributed by atoms with Gasteiger partial charge in [-0.1, -0.05) is 22.0 Å². The summed E-state index contributed by atoms with van der Waals surface area (Å²) in [6.07, 6.45) is 1.36. The van der Waals surface area contributed by atoms with Gasteiger partial charge in [0.25, 0.3) is 0 Å². The smallest absolute Gasteiger partial charge is 0.178 e. The molecule has 1 aromatic rings. The summed E-state index contributed by atoms with van der Waals surface area (Å²) in [5.41, 5.74) is 5.32. The second-order valence-electron chi connectivity index (χ2n) is 3.27. The number of hydrogen-bond acceptors (Lipinski definition) is 3. The Labute approximate surface area is 111 Å². The fourth-order valence-corrected chi connectivity index (χ4v) is 3.18. The standard InChI is InChI=1S/C10H14BrNO2S.ClH/c11-9-4-3-5-10(8-9)15(13,14)7-2-1-6-12;/h3-5,8H,1-2,6-7,12H2;1H. The molecule has 0 saturated heterocycles. The fourth-order valence-electron chi connectivity index (χ4n) is 1.21. The summed E-state index contributed by atoms with van der Waals surface area (Å²) in [6.45, 7) is 0.536. The van der Waals surface area contributed by atoms with Gasteiger partial charge in [0.15, 0.2) is 9.84 Å². The molecule has 1 rings (SSSR count). The molecular formula is C10H15BrClNO2S. The average molecular weight is 329 g/mol. The zero-order valence-electron chi connectivity index (χ0n) is 8.73. The van der Waals surface area contributed by atoms with E-state index in [1.807, 2.05) is 0 Å². The van der Waals surface area contributed by atoms with Crippen molar-refractivity contribution < 1.29 is 8.42 Å². The summed E-state index contributed by atoms with van der Waals surface area (Å²) in [6, 6.07) is 6.76. The predicted octanol–water partition coefficient (Wildman–Crippen LogP) is 2.38. The van der Waals surface area contributed by atoms with E-state index in [0.29, 0.717) is 17.9 Å². The summed E-state index contributed by atoms with van der Waals surface area (Å²) < 4.78 is 24.4. The largest absolute Gasteiger partial charge is 0.330 e. The maximum absolute atomic E-state index is 11.8. The van der Waals surface area contributed by atoms with Crippen LogP contribution in [0, 0.1) is 0 Å². The van der Waals surface area contributed by atoms with Gasteiger partial charge in [0.2, 0.25) is 0 Å². The van der Waals surface area contributed by atoms with Crippen LogP contribution in [0.3, 0.4) is 0 Å². The van der Waals surface area contributed by atoms with Crippen molar-refractivity contribution in [1.82, 2.24) is 0 Å². The zero-order chi connectivity index (χ0) is 11.3. The first kappa shape index (κ1) is 15.9. The van der Waals surface area contributed by atoms with E-state index in [1.165, 1.54) is 0 Å². The molecule has 0 aromatic heterocycles. The molecule has 0 atom stereocenters. The highest BCUT2D eigenvalue weighted by Crippen LogP contribution is 2.17. The average Bonchev–Trinajstić information content (AvgIpc) is 2.18. The summed E-state index contributed by atoms with van der Waals surface area (Å²) >= 11 is 3.25. The number of hydrogen-bond donors (Lipinski definition) is 1. The lowest BCUT2D eigenvalue weighted by Gasteiger charge is -2.04. The van der Waals surface area contributed by atoms with Crippen molar-refractivity contribution in [3.05, 3.63) is 28.7 Å². The predicted molar refractivity (Wildman–Crippen MR) is 71.7 cm³/mol. The second kappa shape index (κ2) is 7.27. The monoisotopic (exact) mass is 327 g/mol. The minimum absolute atomic E-state index is 0. The molecule has 92 valence electrons. The fraction of sp³-hybridized carbons (Fsp3) is 0.400. The van der Waals surface area contributed by atoms with E-state index >= 15 is 0 Å². The van der Waals surface area contributed by atoms with Crippen LogP contribution < -0.4 is 5.73 Å². The van der Waals surface area contributed by atoms with E-state index in [9.17, 15) is 8.42 Å². The van der Waals surface area contributed by atoms with Crippen molar-refractivity contribution in [3.63, 3.8) is 0 Å². The number of benzene rings is 1. The molecule has 1 aromatic carbocycles. The zero-order valence-corrected chi connectivity index (χ0v) is 11.9. The van der Waals surface area contributed by atoms with E-state index < -0.39 is 9.84 Å². The van der Waals surface area contributed by atoms with Crippen molar-refractivity contribution in [1.29, 1.82) is 0 Å². The first-order valence-electron chi connectivity index (χ1n) is 4.74. The maximum atomic E-state index is 11.8.